The van der Waals surface area contributed by atoms with E-state index in [1.165, 1.54) is 11.1 Å². The Kier molecular flexibility index (Phi) is 6.24. The third kappa shape index (κ3) is 4.93. The molecular weight excluding hydrogens is 310 g/mol. The molecule has 132 valence electrons. The summed E-state index contributed by atoms with van der Waals surface area (Å²) in [6, 6.07) is 21.9. The molecule has 2 aromatic rings. The van der Waals surface area contributed by atoms with Gasteiger partial charge in [0, 0.05) is 18.5 Å². The van der Waals surface area contributed by atoms with E-state index in [1.807, 2.05) is 0 Å². The van der Waals surface area contributed by atoms with Gasteiger partial charge in [-0.1, -0.05) is 67.1 Å². The first kappa shape index (κ1) is 17.7. The van der Waals surface area contributed by atoms with Crippen molar-refractivity contribution in [3.05, 3.63) is 71.8 Å². The van der Waals surface area contributed by atoms with Gasteiger partial charge in [0.15, 0.2) is 0 Å². The Morgan fingerprint density at radius 3 is 2.08 bits per heavy atom. The number of nitrogens with one attached hydrogen (secondary N) is 1. The van der Waals surface area contributed by atoms with E-state index >= 15 is 0 Å². The van der Waals surface area contributed by atoms with Crippen LogP contribution in [0.4, 0.5) is 0 Å². The first-order valence-electron chi connectivity index (χ1n) is 9.30. The Bertz CT molecular complexity index is 609. The molecule has 2 aromatic carbocycles. The van der Waals surface area contributed by atoms with Crippen molar-refractivity contribution in [3.63, 3.8) is 0 Å². The summed E-state index contributed by atoms with van der Waals surface area (Å²) in [5.41, 5.74) is 2.74. The number of hydrogen-bond donors (Lipinski definition) is 2. The van der Waals surface area contributed by atoms with Crippen LogP contribution in [-0.4, -0.2) is 23.7 Å². The second kappa shape index (κ2) is 8.82. The van der Waals surface area contributed by atoms with Gasteiger partial charge in [0.25, 0.3) is 0 Å². The highest BCUT2D eigenvalue weighted by atomic mass is 16.4. The average Bonchev–Trinajstić information content (AvgIpc) is 2.67. The zero-order chi connectivity index (χ0) is 17.5. The average molecular weight is 337 g/mol. The summed E-state index contributed by atoms with van der Waals surface area (Å²) < 4.78 is 0. The lowest BCUT2D eigenvalue weighted by molar-refractivity contribution is -0.142. The second-order valence-electron chi connectivity index (χ2n) is 7.02. The van der Waals surface area contributed by atoms with Gasteiger partial charge in [-0.3, -0.25) is 4.79 Å². The highest BCUT2D eigenvalue weighted by Gasteiger charge is 2.25. The molecule has 1 fully saturated rings. The van der Waals surface area contributed by atoms with Gasteiger partial charge in [-0.05, 0) is 36.8 Å². The second-order valence-corrected chi connectivity index (χ2v) is 7.02. The highest BCUT2D eigenvalue weighted by Crippen LogP contribution is 2.30. The van der Waals surface area contributed by atoms with Gasteiger partial charge in [-0.15, -0.1) is 0 Å². The molecule has 3 heteroatoms. The lowest BCUT2D eigenvalue weighted by Crippen LogP contribution is -2.41. The molecule has 3 nitrogen and oxygen atoms in total. The molecule has 1 heterocycles. The number of piperidine rings is 1. The van der Waals surface area contributed by atoms with Crippen molar-refractivity contribution in [3.8, 4) is 0 Å². The van der Waals surface area contributed by atoms with E-state index < -0.39 is 5.97 Å². The van der Waals surface area contributed by atoms with Gasteiger partial charge in [0.05, 0.1) is 5.92 Å². The topological polar surface area (TPSA) is 49.3 Å². The number of carbonyl (C=O) groups is 1. The largest absolute Gasteiger partial charge is 0.481 e. The van der Waals surface area contributed by atoms with Crippen molar-refractivity contribution in [1.29, 1.82) is 0 Å². The Balaban J connectivity index is 1.56. The van der Waals surface area contributed by atoms with E-state index in [2.05, 4.69) is 66.0 Å². The standard InChI is InChI=1S/C22H27NO2/c24-22(25)19-14-15-20(23-16-19)12-7-13-21(17-8-3-1-4-9-17)18-10-5-2-6-11-18/h1-6,8-11,19-21,23H,7,12-16H2,(H,24,25)/t19-,20-/m1/s1. The zero-order valence-electron chi connectivity index (χ0n) is 14.6. The summed E-state index contributed by atoms with van der Waals surface area (Å²) >= 11 is 0. The summed E-state index contributed by atoms with van der Waals surface area (Å²) in [4.78, 5) is 11.0. The third-order valence-corrected chi connectivity index (χ3v) is 5.32. The maximum Gasteiger partial charge on any atom is 0.307 e. The number of benzene rings is 2. The molecule has 2 atom stereocenters. The van der Waals surface area contributed by atoms with Crippen LogP contribution in [0, 0.1) is 5.92 Å². The number of carboxylic acids is 1. The molecule has 1 aliphatic heterocycles. The van der Waals surface area contributed by atoms with Crippen LogP contribution >= 0.6 is 0 Å². The Morgan fingerprint density at radius 1 is 1.00 bits per heavy atom. The molecule has 0 bridgehead atoms. The van der Waals surface area contributed by atoms with Crippen LogP contribution in [0.5, 0.6) is 0 Å². The Labute approximate surface area is 150 Å². The van der Waals surface area contributed by atoms with Gasteiger partial charge >= 0.3 is 5.97 Å². The van der Waals surface area contributed by atoms with Crippen LogP contribution in [0.1, 0.15) is 49.1 Å². The minimum absolute atomic E-state index is 0.211. The predicted molar refractivity (Wildman–Crippen MR) is 101 cm³/mol. The zero-order valence-corrected chi connectivity index (χ0v) is 14.6. The van der Waals surface area contributed by atoms with Crippen LogP contribution < -0.4 is 5.32 Å². The van der Waals surface area contributed by atoms with Crippen LogP contribution in [0.15, 0.2) is 60.7 Å². The first-order valence-corrected chi connectivity index (χ1v) is 9.30. The fourth-order valence-electron chi connectivity index (χ4n) is 3.84. The Morgan fingerprint density at radius 2 is 1.60 bits per heavy atom. The number of aliphatic carboxylic acids is 1. The number of rotatable bonds is 7. The smallest absolute Gasteiger partial charge is 0.307 e. The molecule has 0 saturated carbocycles. The molecule has 0 amide bonds. The fourth-order valence-corrected chi connectivity index (χ4v) is 3.84. The van der Waals surface area contributed by atoms with Gasteiger partial charge in [-0.2, -0.15) is 0 Å². The van der Waals surface area contributed by atoms with E-state index in [-0.39, 0.29) is 5.92 Å². The van der Waals surface area contributed by atoms with Crippen molar-refractivity contribution >= 4 is 5.97 Å². The van der Waals surface area contributed by atoms with E-state index in [0.29, 0.717) is 18.5 Å². The van der Waals surface area contributed by atoms with Gasteiger partial charge < -0.3 is 10.4 Å². The molecular formula is C22H27NO2. The minimum Gasteiger partial charge on any atom is -0.481 e. The summed E-state index contributed by atoms with van der Waals surface area (Å²) in [5.74, 6) is -0.449. The molecule has 25 heavy (non-hydrogen) atoms. The molecule has 0 unspecified atom stereocenters. The third-order valence-electron chi connectivity index (χ3n) is 5.32. The van der Waals surface area contributed by atoms with Crippen LogP contribution in [-0.2, 0) is 4.79 Å². The summed E-state index contributed by atoms with van der Waals surface area (Å²) in [6.45, 7) is 0.612. The van der Waals surface area contributed by atoms with Crippen molar-refractivity contribution in [2.45, 2.75) is 44.1 Å². The van der Waals surface area contributed by atoms with Crippen molar-refractivity contribution in [2.75, 3.05) is 6.54 Å². The van der Waals surface area contributed by atoms with Crippen LogP contribution in [0.3, 0.4) is 0 Å². The molecule has 1 aliphatic rings. The molecule has 1 saturated heterocycles. The molecule has 3 rings (SSSR count). The number of carboxylic acid groups (broad SMARTS) is 1. The highest BCUT2D eigenvalue weighted by molar-refractivity contribution is 5.70. The van der Waals surface area contributed by atoms with E-state index in [9.17, 15) is 4.79 Å². The molecule has 0 aliphatic carbocycles. The van der Waals surface area contributed by atoms with Crippen LogP contribution in [0.2, 0.25) is 0 Å². The normalized spacial score (nSPS) is 20.5. The van der Waals surface area contributed by atoms with E-state index in [4.69, 9.17) is 5.11 Å². The predicted octanol–water partition coefficient (Wildman–Crippen LogP) is 4.44. The quantitative estimate of drug-likeness (QED) is 0.785. The molecule has 0 spiro atoms. The van der Waals surface area contributed by atoms with Crippen molar-refractivity contribution in [1.82, 2.24) is 5.32 Å². The van der Waals surface area contributed by atoms with Gasteiger partial charge in [0.2, 0.25) is 0 Å². The maximum absolute atomic E-state index is 11.0. The van der Waals surface area contributed by atoms with E-state index in [0.717, 1.165) is 32.1 Å². The van der Waals surface area contributed by atoms with Crippen molar-refractivity contribution in [2.24, 2.45) is 5.92 Å². The van der Waals surface area contributed by atoms with Gasteiger partial charge in [0.1, 0.15) is 0 Å². The number of hydrogen-bond acceptors (Lipinski definition) is 2. The first-order chi connectivity index (χ1) is 12.2. The maximum atomic E-state index is 11.0. The summed E-state index contributed by atoms with van der Waals surface area (Å²) in [6.07, 6.45) is 5.15. The minimum atomic E-state index is -0.667. The van der Waals surface area contributed by atoms with Crippen molar-refractivity contribution < 1.29 is 9.90 Å². The Hall–Kier alpha value is -2.13. The molecule has 2 N–H and O–H groups in total. The van der Waals surface area contributed by atoms with Crippen LogP contribution in [0.25, 0.3) is 0 Å². The monoisotopic (exact) mass is 337 g/mol. The fraction of sp³-hybridized carbons (Fsp3) is 0.409. The molecule has 0 radical (unpaired) electrons. The lowest BCUT2D eigenvalue weighted by Gasteiger charge is -2.28. The molecule has 0 aromatic heterocycles. The van der Waals surface area contributed by atoms with Gasteiger partial charge in [-0.25, -0.2) is 0 Å². The van der Waals surface area contributed by atoms with E-state index in [1.54, 1.807) is 0 Å². The summed E-state index contributed by atoms with van der Waals surface area (Å²) in [5, 5.41) is 12.5. The lowest BCUT2D eigenvalue weighted by atomic mass is 9.85. The SMILES string of the molecule is O=C(O)[C@@H]1CC[C@@H](CCCC(c2ccccc2)c2ccccc2)NC1. The summed E-state index contributed by atoms with van der Waals surface area (Å²) in [7, 11) is 0.